The van der Waals surface area contributed by atoms with E-state index in [0.29, 0.717) is 24.7 Å². The summed E-state index contributed by atoms with van der Waals surface area (Å²) in [6.45, 7) is 1.51. The summed E-state index contributed by atoms with van der Waals surface area (Å²) in [5.41, 5.74) is 6.34. The van der Waals surface area contributed by atoms with E-state index in [4.69, 9.17) is 22.1 Å². The molecule has 10 heteroatoms. The van der Waals surface area contributed by atoms with Crippen molar-refractivity contribution in [2.45, 2.75) is 6.54 Å². The van der Waals surface area contributed by atoms with Crippen LogP contribution in [0.2, 0.25) is 5.02 Å². The van der Waals surface area contributed by atoms with Gasteiger partial charge >= 0.3 is 0 Å². The molecule has 0 saturated carbocycles. The van der Waals surface area contributed by atoms with Crippen LogP contribution in [0.1, 0.15) is 16.1 Å². The molecule has 1 aromatic carbocycles. The molecule has 0 aliphatic rings. The zero-order chi connectivity index (χ0) is 15.9. The minimum absolute atomic E-state index is 0. The number of methoxy groups -OCH3 is 1. The molecule has 0 unspecified atom stereocenters. The quantitative estimate of drug-likeness (QED) is 0.635. The topological polar surface area (TPSA) is 115 Å². The number of amides is 1. The fourth-order valence-corrected chi connectivity index (χ4v) is 2.00. The van der Waals surface area contributed by atoms with Crippen LogP contribution in [0.3, 0.4) is 0 Å². The normalized spacial score (nSPS) is 10.0. The molecule has 2 aromatic rings. The molecule has 23 heavy (non-hydrogen) atoms. The molecule has 0 saturated heterocycles. The van der Waals surface area contributed by atoms with E-state index >= 15 is 0 Å². The minimum atomic E-state index is -0.430. The Morgan fingerprint density at radius 2 is 2.17 bits per heavy atom. The maximum absolute atomic E-state index is 11.7. The highest BCUT2D eigenvalue weighted by molar-refractivity contribution is 6.30. The summed E-state index contributed by atoms with van der Waals surface area (Å²) in [5.74, 6) is 0.289. The Bertz CT molecular complexity index is 650. The summed E-state index contributed by atoms with van der Waals surface area (Å²) in [4.78, 5) is 11.7. The minimum Gasteiger partial charge on any atom is -0.496 e. The molecule has 0 aliphatic carbocycles. The molecular weight excluding hydrogens is 345 g/mol. The van der Waals surface area contributed by atoms with E-state index in [2.05, 4.69) is 25.6 Å². The predicted octanol–water partition coefficient (Wildman–Crippen LogP) is 1.26. The summed E-state index contributed by atoms with van der Waals surface area (Å²) < 4.78 is 9.61. The van der Waals surface area contributed by atoms with Crippen LogP contribution in [0.15, 0.2) is 22.8 Å². The largest absolute Gasteiger partial charge is 0.496 e. The molecule has 0 fully saturated rings. The van der Waals surface area contributed by atoms with Gasteiger partial charge in [-0.25, -0.2) is 4.63 Å². The van der Waals surface area contributed by atoms with Crippen LogP contribution >= 0.6 is 24.0 Å². The first-order valence-electron chi connectivity index (χ1n) is 6.51. The van der Waals surface area contributed by atoms with Crippen molar-refractivity contribution in [2.24, 2.45) is 0 Å². The third kappa shape index (κ3) is 5.27. The van der Waals surface area contributed by atoms with Gasteiger partial charge in [0, 0.05) is 30.2 Å². The van der Waals surface area contributed by atoms with Crippen LogP contribution in [0.25, 0.3) is 0 Å². The smallest absolute Gasteiger partial charge is 0.277 e. The SMILES string of the molecule is COc1ccc(Cl)cc1CNCCNC(=O)c1nonc1N.Cl. The van der Waals surface area contributed by atoms with Crippen LogP contribution in [-0.2, 0) is 6.54 Å². The Balaban J connectivity index is 0.00000264. The van der Waals surface area contributed by atoms with Gasteiger partial charge in [-0.3, -0.25) is 4.79 Å². The molecule has 1 heterocycles. The molecule has 8 nitrogen and oxygen atoms in total. The van der Waals surface area contributed by atoms with Crippen molar-refractivity contribution in [3.63, 3.8) is 0 Å². The summed E-state index contributed by atoms with van der Waals surface area (Å²) in [6, 6.07) is 5.40. The highest BCUT2D eigenvalue weighted by Gasteiger charge is 2.14. The number of nitrogen functional groups attached to an aromatic ring is 1. The molecule has 0 aliphatic heterocycles. The van der Waals surface area contributed by atoms with Crippen molar-refractivity contribution >= 4 is 35.7 Å². The Morgan fingerprint density at radius 1 is 1.39 bits per heavy atom. The number of ether oxygens (including phenoxy) is 1. The Hall–Kier alpha value is -2.03. The molecule has 0 bridgehead atoms. The zero-order valence-electron chi connectivity index (χ0n) is 12.3. The molecule has 1 aromatic heterocycles. The number of carbonyl (C=O) groups is 1. The van der Waals surface area contributed by atoms with Gasteiger partial charge in [0.15, 0.2) is 0 Å². The van der Waals surface area contributed by atoms with E-state index in [0.717, 1.165) is 11.3 Å². The monoisotopic (exact) mass is 361 g/mol. The number of aromatic nitrogens is 2. The molecule has 4 N–H and O–H groups in total. The van der Waals surface area contributed by atoms with Crippen LogP contribution < -0.4 is 21.1 Å². The molecule has 2 rings (SSSR count). The van der Waals surface area contributed by atoms with E-state index in [-0.39, 0.29) is 23.9 Å². The maximum atomic E-state index is 11.7. The second-order valence-corrected chi connectivity index (χ2v) is 4.82. The van der Waals surface area contributed by atoms with Gasteiger partial charge in [0.2, 0.25) is 11.5 Å². The Labute approximate surface area is 144 Å². The number of hydrogen-bond acceptors (Lipinski definition) is 7. The second kappa shape index (κ2) is 9.19. The summed E-state index contributed by atoms with van der Waals surface area (Å²) in [5, 5.41) is 13.2. The molecule has 0 radical (unpaired) electrons. The average Bonchev–Trinajstić information content (AvgIpc) is 2.93. The van der Waals surface area contributed by atoms with Gasteiger partial charge in [-0.05, 0) is 28.5 Å². The van der Waals surface area contributed by atoms with Crippen LogP contribution in [0.5, 0.6) is 5.75 Å². The average molecular weight is 362 g/mol. The van der Waals surface area contributed by atoms with Crippen molar-refractivity contribution < 1.29 is 14.2 Å². The standard InChI is InChI=1S/C13H16ClN5O3.ClH/c1-21-10-3-2-9(14)6-8(10)7-16-4-5-17-13(20)11-12(15)19-22-18-11;/h2-3,6,16H,4-5,7H2,1H3,(H2,15,19)(H,17,20);1H. The Morgan fingerprint density at radius 3 is 2.83 bits per heavy atom. The fourth-order valence-electron chi connectivity index (χ4n) is 1.81. The van der Waals surface area contributed by atoms with Crippen LogP contribution in [-0.4, -0.2) is 36.4 Å². The van der Waals surface area contributed by atoms with Crippen molar-refractivity contribution in [3.8, 4) is 5.75 Å². The van der Waals surface area contributed by atoms with E-state index in [1.807, 2.05) is 12.1 Å². The lowest BCUT2D eigenvalue weighted by molar-refractivity contribution is 0.0944. The van der Waals surface area contributed by atoms with Crippen molar-refractivity contribution in [1.82, 2.24) is 20.9 Å². The third-order valence-electron chi connectivity index (χ3n) is 2.87. The van der Waals surface area contributed by atoms with Gasteiger partial charge < -0.3 is 21.1 Å². The third-order valence-corrected chi connectivity index (χ3v) is 3.11. The predicted molar refractivity (Wildman–Crippen MR) is 88.0 cm³/mol. The summed E-state index contributed by atoms with van der Waals surface area (Å²) in [6.07, 6.45) is 0. The number of halogens is 2. The van der Waals surface area contributed by atoms with Crippen molar-refractivity contribution in [2.75, 3.05) is 25.9 Å². The number of benzene rings is 1. The van der Waals surface area contributed by atoms with Gasteiger partial charge in [-0.1, -0.05) is 11.6 Å². The molecule has 1 amide bonds. The van der Waals surface area contributed by atoms with E-state index in [1.165, 1.54) is 0 Å². The van der Waals surface area contributed by atoms with Gasteiger partial charge in [0.1, 0.15) is 5.75 Å². The lowest BCUT2D eigenvalue weighted by Crippen LogP contribution is -2.32. The maximum Gasteiger partial charge on any atom is 0.277 e. The van der Waals surface area contributed by atoms with Gasteiger partial charge in [0.25, 0.3) is 5.91 Å². The first-order chi connectivity index (χ1) is 10.6. The zero-order valence-corrected chi connectivity index (χ0v) is 13.9. The lowest BCUT2D eigenvalue weighted by Gasteiger charge is -2.10. The molecule has 126 valence electrons. The summed E-state index contributed by atoms with van der Waals surface area (Å²) >= 11 is 5.95. The number of nitrogens with two attached hydrogens (primary N) is 1. The van der Waals surface area contributed by atoms with Gasteiger partial charge in [-0.15, -0.1) is 12.4 Å². The number of carbonyl (C=O) groups excluding carboxylic acids is 1. The van der Waals surface area contributed by atoms with E-state index in [1.54, 1.807) is 13.2 Å². The number of hydrogen-bond donors (Lipinski definition) is 3. The number of nitrogens with one attached hydrogen (secondary N) is 2. The van der Waals surface area contributed by atoms with Gasteiger partial charge in [0.05, 0.1) is 7.11 Å². The lowest BCUT2D eigenvalue weighted by atomic mass is 10.2. The highest BCUT2D eigenvalue weighted by atomic mass is 35.5. The number of anilines is 1. The first-order valence-corrected chi connectivity index (χ1v) is 6.89. The molecule has 0 spiro atoms. The van der Waals surface area contributed by atoms with E-state index in [9.17, 15) is 4.79 Å². The Kier molecular flexibility index (Phi) is 7.60. The highest BCUT2D eigenvalue weighted by Crippen LogP contribution is 2.22. The fraction of sp³-hybridized carbons (Fsp3) is 0.308. The van der Waals surface area contributed by atoms with Crippen molar-refractivity contribution in [3.05, 3.63) is 34.5 Å². The van der Waals surface area contributed by atoms with Crippen LogP contribution in [0.4, 0.5) is 5.82 Å². The summed E-state index contributed by atoms with van der Waals surface area (Å²) in [7, 11) is 1.60. The van der Waals surface area contributed by atoms with E-state index < -0.39 is 5.91 Å². The molecule has 0 atom stereocenters. The van der Waals surface area contributed by atoms with Crippen molar-refractivity contribution in [1.29, 1.82) is 0 Å². The molecular formula is C13H17Cl2N5O3. The van der Waals surface area contributed by atoms with Crippen LogP contribution in [0, 0.1) is 0 Å². The first kappa shape index (κ1) is 19.0. The number of rotatable bonds is 7. The second-order valence-electron chi connectivity index (χ2n) is 4.39. The number of nitrogens with zero attached hydrogens (tertiary/aromatic N) is 2. The van der Waals surface area contributed by atoms with Gasteiger partial charge in [-0.2, -0.15) is 0 Å².